The molecule has 0 saturated carbocycles. The Morgan fingerprint density at radius 1 is 0.929 bits per heavy atom. The van der Waals surface area contributed by atoms with Crippen molar-refractivity contribution >= 4 is 51.1 Å². The Morgan fingerprint density at radius 2 is 1.48 bits per heavy atom. The van der Waals surface area contributed by atoms with Crippen LogP contribution in [0.2, 0.25) is 6.04 Å². The van der Waals surface area contributed by atoms with Crippen molar-refractivity contribution in [1.82, 2.24) is 14.7 Å². The number of aromatic nitrogens is 2. The van der Waals surface area contributed by atoms with Crippen molar-refractivity contribution in [2.75, 3.05) is 49.9 Å². The minimum Gasteiger partial charge on any atom is -0.465 e. The lowest BCUT2D eigenvalue weighted by Gasteiger charge is -2.36. The second-order valence-electron chi connectivity index (χ2n) is 10.9. The van der Waals surface area contributed by atoms with E-state index in [2.05, 4.69) is 5.10 Å². The molecule has 0 radical (unpaired) electrons. The molecule has 232 valence electrons. The number of carbonyl (C=O) groups excluding carboxylic acids is 1. The number of hydrogen-bond donors (Lipinski definition) is 1. The van der Waals surface area contributed by atoms with Crippen LogP contribution in [0.4, 0.5) is 10.5 Å². The van der Waals surface area contributed by atoms with E-state index in [4.69, 9.17) is 4.74 Å². The Hall–Kier alpha value is -2.80. The number of hydrogen-bond acceptors (Lipinski definition) is 10. The Balaban J connectivity index is 1.38. The van der Waals surface area contributed by atoms with Gasteiger partial charge in [0.05, 0.1) is 11.6 Å². The highest BCUT2D eigenvalue weighted by Crippen LogP contribution is 2.43. The lowest BCUT2D eigenvalue weighted by Crippen LogP contribution is -2.58. The molecule has 2 amide bonds. The van der Waals surface area contributed by atoms with Gasteiger partial charge in [-0.1, -0.05) is 12.1 Å². The van der Waals surface area contributed by atoms with Gasteiger partial charge < -0.3 is 19.6 Å². The fourth-order valence-electron chi connectivity index (χ4n) is 5.81. The molecule has 0 atom stereocenters. The first kappa shape index (κ1) is 32.1. The molecule has 18 heteroatoms. The number of amides is 2. The van der Waals surface area contributed by atoms with Crippen molar-refractivity contribution in [3.8, 4) is 11.1 Å². The fraction of sp³-hybridized carbons (Fsp3) is 0.542. The van der Waals surface area contributed by atoms with Gasteiger partial charge in [0.25, 0.3) is 0 Å². The number of rotatable bonds is 10. The average Bonchev–Trinajstić information content (AvgIpc) is 3.47. The number of piperidine rings is 1. The number of benzene rings is 1. The van der Waals surface area contributed by atoms with Crippen molar-refractivity contribution in [3.63, 3.8) is 0 Å². The molecule has 2 aliphatic heterocycles. The predicted molar refractivity (Wildman–Crippen MR) is 157 cm³/mol. The van der Waals surface area contributed by atoms with Crippen LogP contribution in [0, 0.1) is 5.41 Å². The Kier molecular flexibility index (Phi) is 8.69. The lowest BCUT2D eigenvalue weighted by atomic mass is 9.77. The summed E-state index contributed by atoms with van der Waals surface area (Å²) in [5, 5.41) is 13.4. The third kappa shape index (κ3) is 5.86. The van der Waals surface area contributed by atoms with Crippen LogP contribution >= 0.6 is 0 Å². The molecule has 0 bridgehead atoms. The summed E-state index contributed by atoms with van der Waals surface area (Å²) < 4.78 is 81.2. The van der Waals surface area contributed by atoms with E-state index in [1.54, 1.807) is 17.3 Å². The van der Waals surface area contributed by atoms with Gasteiger partial charge in [0.1, 0.15) is 6.73 Å². The molecule has 42 heavy (non-hydrogen) atoms. The van der Waals surface area contributed by atoms with Gasteiger partial charge >= 0.3 is 11.6 Å². The van der Waals surface area contributed by atoms with Crippen molar-refractivity contribution < 1.29 is 44.7 Å². The molecule has 4 rings (SSSR count). The van der Waals surface area contributed by atoms with Gasteiger partial charge in [-0.2, -0.15) is 5.10 Å². The summed E-state index contributed by atoms with van der Waals surface area (Å²) in [6.45, 7) is 0.671. The highest BCUT2D eigenvalue weighted by Gasteiger charge is 2.64. The summed E-state index contributed by atoms with van der Waals surface area (Å²) in [7, 11) is -13.3. The highest BCUT2D eigenvalue weighted by molar-refractivity contribution is 8.73. The summed E-state index contributed by atoms with van der Waals surface area (Å²) in [5.74, 6) is 0.0138. The van der Waals surface area contributed by atoms with E-state index >= 15 is 0 Å². The van der Waals surface area contributed by atoms with E-state index in [1.807, 2.05) is 24.3 Å². The second kappa shape index (κ2) is 11.4. The molecule has 2 aliphatic rings. The van der Waals surface area contributed by atoms with Crippen LogP contribution in [0.15, 0.2) is 36.7 Å². The Labute approximate surface area is 244 Å². The van der Waals surface area contributed by atoms with Crippen LogP contribution < -0.4 is 4.90 Å². The summed E-state index contributed by atoms with van der Waals surface area (Å²) in [6.07, 6.45) is 5.87. The second-order valence-corrected chi connectivity index (χ2v) is 32.6. The largest absolute Gasteiger partial charge is 0.465 e. The number of carbonyl (C=O) groups is 2. The quantitative estimate of drug-likeness (QED) is 0.283. The molecule has 1 aromatic heterocycles. The van der Waals surface area contributed by atoms with Gasteiger partial charge in [-0.25, -0.2) is 34.7 Å². The molecule has 3 heterocycles. The standard InChI is InChI=1S/C24H34N4O10S3Si/c1-39(32,33)42(40(2,34)35,41(3,36)37)15-14-38-18-27-17-20(16-25-27)19-4-6-21(7-5-19)28-13-10-24(22(28)29)8-11-26(12-9-24)23(30)31/h4-7,16-17H,8-15,18H2,1-3H3,(H,30,31). The normalized spacial score (nSPS) is 18.1. The monoisotopic (exact) mass is 662 g/mol. The maximum absolute atomic E-state index is 13.3. The molecule has 2 fully saturated rings. The zero-order valence-electron chi connectivity index (χ0n) is 23.5. The number of likely N-dealkylation sites (tertiary alicyclic amines) is 1. The summed E-state index contributed by atoms with van der Waals surface area (Å²) in [4.78, 5) is 27.6. The number of carboxylic acid groups (broad SMARTS) is 1. The maximum atomic E-state index is 13.3. The molecule has 1 spiro atoms. The predicted octanol–water partition coefficient (Wildman–Crippen LogP) is 1.09. The van der Waals surface area contributed by atoms with Gasteiger partial charge in [0.2, 0.25) is 5.91 Å². The zero-order chi connectivity index (χ0) is 31.1. The Morgan fingerprint density at radius 3 is 2.00 bits per heavy atom. The molecule has 0 unspecified atom stereocenters. The van der Waals surface area contributed by atoms with E-state index in [1.165, 1.54) is 9.58 Å². The van der Waals surface area contributed by atoms with Gasteiger partial charge in [-0.3, -0.25) is 4.79 Å². The molecular weight excluding hydrogens is 629 g/mol. The molecular formula is C24H34N4O10S3Si. The van der Waals surface area contributed by atoms with Crippen molar-refractivity contribution in [2.45, 2.75) is 32.0 Å². The van der Waals surface area contributed by atoms with E-state index in [0.717, 1.165) is 16.8 Å². The van der Waals surface area contributed by atoms with Gasteiger partial charge in [0.15, 0.2) is 27.9 Å². The fourth-order valence-corrected chi connectivity index (χ4v) is 32.9. The first-order valence-corrected chi connectivity index (χ1v) is 23.1. The van der Waals surface area contributed by atoms with Crippen molar-refractivity contribution in [1.29, 1.82) is 0 Å². The average molecular weight is 663 g/mol. The highest BCUT2D eigenvalue weighted by atomic mass is 32.8. The lowest BCUT2D eigenvalue weighted by molar-refractivity contribution is -0.127. The van der Waals surface area contributed by atoms with E-state index in [0.29, 0.717) is 57.7 Å². The van der Waals surface area contributed by atoms with Crippen LogP contribution in [0.25, 0.3) is 11.1 Å². The zero-order valence-corrected chi connectivity index (χ0v) is 26.9. The molecule has 1 aromatic carbocycles. The summed E-state index contributed by atoms with van der Waals surface area (Å²) in [6, 6.07) is 6.68. The summed E-state index contributed by atoms with van der Waals surface area (Å²) >= 11 is 0. The van der Waals surface area contributed by atoms with Crippen LogP contribution in [0.5, 0.6) is 0 Å². The van der Waals surface area contributed by atoms with E-state index < -0.39 is 57.5 Å². The third-order valence-corrected chi connectivity index (χ3v) is 40.7. The minimum absolute atomic E-state index is 0.0138. The number of ether oxygens (including phenoxy) is 1. The van der Waals surface area contributed by atoms with Gasteiger partial charge in [0, 0.05) is 68.5 Å². The molecule has 0 aliphatic carbocycles. The first-order chi connectivity index (χ1) is 19.4. The topological polar surface area (TPSA) is 190 Å². The van der Waals surface area contributed by atoms with Crippen LogP contribution in [0.1, 0.15) is 19.3 Å². The molecule has 14 nitrogen and oxygen atoms in total. The Bertz CT molecular complexity index is 1600. The van der Waals surface area contributed by atoms with Gasteiger partial charge in [-0.05, 0) is 37.0 Å². The van der Waals surface area contributed by atoms with Crippen LogP contribution in [-0.4, -0.2) is 108 Å². The SMILES string of the molecule is CS(=O)(=O)[Si](CCOCn1cc(-c2ccc(N3CCC4(CCN(C(=O)O)CC4)C3=O)cc2)cn1)(S(C)(=O)=O)S(C)(=O)=O. The smallest absolute Gasteiger partial charge is 0.454 e. The number of nitrogens with zero attached hydrogens (tertiary/aromatic N) is 4. The molecule has 2 aromatic rings. The molecule has 1 N–H and O–H groups in total. The van der Waals surface area contributed by atoms with Gasteiger partial charge in [-0.15, -0.1) is 0 Å². The minimum atomic E-state index is -4.92. The molecule has 2 saturated heterocycles. The van der Waals surface area contributed by atoms with Crippen LogP contribution in [-0.2, 0) is 44.1 Å². The first-order valence-electron chi connectivity index (χ1n) is 13.0. The maximum Gasteiger partial charge on any atom is 0.454 e. The van der Waals surface area contributed by atoms with E-state index in [9.17, 15) is 39.9 Å². The van der Waals surface area contributed by atoms with Crippen molar-refractivity contribution in [3.05, 3.63) is 36.7 Å². The summed E-state index contributed by atoms with van der Waals surface area (Å²) in [5.41, 5.74) is -3.18. The van der Waals surface area contributed by atoms with Crippen molar-refractivity contribution in [2.24, 2.45) is 5.41 Å². The number of anilines is 1. The van der Waals surface area contributed by atoms with Crippen LogP contribution in [0.3, 0.4) is 0 Å². The third-order valence-electron chi connectivity index (χ3n) is 8.12. The van der Waals surface area contributed by atoms with E-state index in [-0.39, 0.29) is 12.6 Å².